The monoisotopic (exact) mass is 396 g/mol. The number of nitrogens with one attached hydrogen (secondary N) is 2. The fourth-order valence-corrected chi connectivity index (χ4v) is 3.96. The number of carbonyl (C=O) groups is 2. The summed E-state index contributed by atoms with van der Waals surface area (Å²) in [5.41, 5.74) is 3.36. The van der Waals surface area contributed by atoms with Crippen LogP contribution in [0.4, 0.5) is 10.2 Å². The lowest BCUT2D eigenvalue weighted by Crippen LogP contribution is -2.35. The van der Waals surface area contributed by atoms with Crippen LogP contribution >= 0.6 is 11.8 Å². The molecule has 4 rings (SSSR count). The van der Waals surface area contributed by atoms with E-state index in [2.05, 4.69) is 15.7 Å². The highest BCUT2D eigenvalue weighted by Gasteiger charge is 2.26. The summed E-state index contributed by atoms with van der Waals surface area (Å²) in [4.78, 5) is 24.7. The summed E-state index contributed by atoms with van der Waals surface area (Å²) in [5.74, 6) is 0.148. The van der Waals surface area contributed by atoms with Crippen molar-refractivity contribution in [3.05, 3.63) is 77.2 Å². The van der Waals surface area contributed by atoms with Gasteiger partial charge in [0.1, 0.15) is 11.6 Å². The first kappa shape index (κ1) is 18.2. The van der Waals surface area contributed by atoms with Crippen molar-refractivity contribution in [3.8, 4) is 5.69 Å². The molecule has 0 radical (unpaired) electrons. The Morgan fingerprint density at radius 2 is 1.79 bits per heavy atom. The lowest BCUT2D eigenvalue weighted by Gasteiger charge is -2.11. The molecule has 1 aliphatic rings. The maximum Gasteiger partial charge on any atom is 0.314 e. The van der Waals surface area contributed by atoms with Crippen LogP contribution in [0.3, 0.4) is 0 Å². The van der Waals surface area contributed by atoms with Crippen molar-refractivity contribution < 1.29 is 14.0 Å². The summed E-state index contributed by atoms with van der Waals surface area (Å²) >= 11 is 1.71. The molecule has 0 atom stereocenters. The van der Waals surface area contributed by atoms with Gasteiger partial charge in [0.25, 0.3) is 0 Å². The van der Waals surface area contributed by atoms with E-state index in [-0.39, 0.29) is 12.4 Å². The van der Waals surface area contributed by atoms with Crippen LogP contribution in [0.25, 0.3) is 5.69 Å². The van der Waals surface area contributed by atoms with Gasteiger partial charge < -0.3 is 10.6 Å². The predicted molar refractivity (Wildman–Crippen MR) is 105 cm³/mol. The molecule has 0 aliphatic carbocycles. The Morgan fingerprint density at radius 3 is 2.54 bits per heavy atom. The number of carbonyl (C=O) groups excluding carboxylic acids is 2. The summed E-state index contributed by atoms with van der Waals surface area (Å²) < 4.78 is 14.6. The fourth-order valence-electron chi connectivity index (χ4n) is 2.93. The minimum Gasteiger partial charge on any atom is -0.344 e. The molecule has 142 valence electrons. The number of amides is 2. The van der Waals surface area contributed by atoms with Gasteiger partial charge in [-0.1, -0.05) is 30.3 Å². The number of thioether (sulfide) groups is 1. The molecule has 3 aromatic rings. The summed E-state index contributed by atoms with van der Waals surface area (Å²) in [5, 5.41) is 9.85. The normalized spacial score (nSPS) is 12.5. The number of hydrogen-bond acceptors (Lipinski definition) is 4. The number of aromatic nitrogens is 2. The maximum absolute atomic E-state index is 13.0. The Labute approximate surface area is 165 Å². The number of halogens is 1. The number of fused-ring (bicyclic) bond motifs is 1. The molecule has 2 N–H and O–H groups in total. The lowest BCUT2D eigenvalue weighted by atomic mass is 10.2. The summed E-state index contributed by atoms with van der Waals surface area (Å²) in [6.45, 7) is 0.137. The maximum atomic E-state index is 13.0. The third-order valence-electron chi connectivity index (χ3n) is 4.36. The van der Waals surface area contributed by atoms with Crippen LogP contribution in [0.1, 0.15) is 16.8 Å². The zero-order valence-electron chi connectivity index (χ0n) is 14.8. The molecule has 2 heterocycles. The molecule has 0 spiro atoms. The average molecular weight is 396 g/mol. The van der Waals surface area contributed by atoms with Crippen LogP contribution in [0, 0.1) is 5.82 Å². The second-order valence-electron chi connectivity index (χ2n) is 6.28. The first-order valence-corrected chi connectivity index (χ1v) is 9.85. The lowest BCUT2D eigenvalue weighted by molar-refractivity contribution is -0.136. The van der Waals surface area contributed by atoms with Crippen LogP contribution in [0.2, 0.25) is 0 Å². The fraction of sp³-hybridized carbons (Fsp3) is 0.150. The van der Waals surface area contributed by atoms with Crippen molar-refractivity contribution in [1.82, 2.24) is 15.1 Å². The number of rotatable bonds is 4. The second kappa shape index (κ2) is 7.85. The van der Waals surface area contributed by atoms with Crippen LogP contribution in [-0.4, -0.2) is 21.6 Å². The molecule has 8 heteroatoms. The first-order chi connectivity index (χ1) is 13.6. The topological polar surface area (TPSA) is 76.0 Å². The van der Waals surface area contributed by atoms with Crippen LogP contribution in [0.15, 0.2) is 54.6 Å². The van der Waals surface area contributed by atoms with E-state index in [0.717, 1.165) is 28.5 Å². The van der Waals surface area contributed by atoms with Crippen LogP contribution in [-0.2, 0) is 27.6 Å². The average Bonchev–Trinajstić information content (AvgIpc) is 3.30. The summed E-state index contributed by atoms with van der Waals surface area (Å²) in [6, 6.07) is 15.2. The third kappa shape index (κ3) is 3.77. The Balaban J connectivity index is 1.49. The van der Waals surface area contributed by atoms with E-state index in [1.165, 1.54) is 12.1 Å². The van der Waals surface area contributed by atoms with Crippen molar-refractivity contribution in [1.29, 1.82) is 0 Å². The molecular weight excluding hydrogens is 379 g/mol. The molecule has 0 saturated heterocycles. The molecule has 2 amide bonds. The highest BCUT2D eigenvalue weighted by atomic mass is 32.2. The summed E-state index contributed by atoms with van der Waals surface area (Å²) in [7, 11) is 0. The van der Waals surface area contributed by atoms with Gasteiger partial charge >= 0.3 is 11.8 Å². The van der Waals surface area contributed by atoms with Crippen molar-refractivity contribution >= 4 is 29.4 Å². The highest BCUT2D eigenvalue weighted by molar-refractivity contribution is 7.98. The van der Waals surface area contributed by atoms with E-state index in [0.29, 0.717) is 11.4 Å². The Morgan fingerprint density at radius 1 is 1.04 bits per heavy atom. The molecule has 1 aromatic heterocycles. The number of nitrogens with zero attached hydrogens (tertiary/aromatic N) is 2. The molecule has 6 nitrogen and oxygen atoms in total. The molecule has 1 aliphatic heterocycles. The van der Waals surface area contributed by atoms with Gasteiger partial charge in [-0.2, -0.15) is 16.9 Å². The van der Waals surface area contributed by atoms with Crippen LogP contribution in [0.5, 0.6) is 0 Å². The van der Waals surface area contributed by atoms with Gasteiger partial charge in [0.15, 0.2) is 0 Å². The molecule has 0 bridgehead atoms. The minimum absolute atomic E-state index is 0.137. The largest absolute Gasteiger partial charge is 0.344 e. The van der Waals surface area contributed by atoms with E-state index >= 15 is 0 Å². The molecule has 2 aromatic carbocycles. The van der Waals surface area contributed by atoms with Gasteiger partial charge in [0.2, 0.25) is 0 Å². The van der Waals surface area contributed by atoms with E-state index in [9.17, 15) is 14.0 Å². The minimum atomic E-state index is -0.765. The Hall–Kier alpha value is -3.13. The summed E-state index contributed by atoms with van der Waals surface area (Å²) in [6.07, 6.45) is 0. The smallest absolute Gasteiger partial charge is 0.314 e. The number of hydrogen-bond donors (Lipinski definition) is 2. The van der Waals surface area contributed by atoms with E-state index in [1.54, 1.807) is 28.6 Å². The third-order valence-corrected chi connectivity index (χ3v) is 5.33. The quantitative estimate of drug-likeness (QED) is 0.665. The SMILES string of the molecule is O=C(NCc1ccc(F)cc1)C(=O)Nc1c2c(nn1-c1ccccc1)CSC2. The number of benzene rings is 2. The highest BCUT2D eigenvalue weighted by Crippen LogP contribution is 2.35. The van der Waals surface area contributed by atoms with Crippen molar-refractivity contribution in [2.75, 3.05) is 5.32 Å². The molecule has 0 unspecified atom stereocenters. The van der Waals surface area contributed by atoms with Crippen molar-refractivity contribution in [3.63, 3.8) is 0 Å². The number of anilines is 1. The predicted octanol–water partition coefficient (Wildman–Crippen LogP) is 3.01. The molecule has 0 fully saturated rings. The molecule has 28 heavy (non-hydrogen) atoms. The van der Waals surface area contributed by atoms with E-state index in [4.69, 9.17) is 0 Å². The van der Waals surface area contributed by atoms with Gasteiger partial charge in [-0.3, -0.25) is 9.59 Å². The number of para-hydroxylation sites is 1. The van der Waals surface area contributed by atoms with E-state index < -0.39 is 11.8 Å². The molecular formula is C20H17FN4O2S. The van der Waals surface area contributed by atoms with Crippen molar-refractivity contribution in [2.24, 2.45) is 0 Å². The molecule has 0 saturated carbocycles. The van der Waals surface area contributed by atoms with Gasteiger partial charge in [0.05, 0.1) is 11.4 Å². The van der Waals surface area contributed by atoms with Crippen molar-refractivity contribution in [2.45, 2.75) is 18.1 Å². The Kier molecular flexibility index (Phi) is 5.12. The zero-order valence-corrected chi connectivity index (χ0v) is 15.6. The zero-order chi connectivity index (χ0) is 19.5. The van der Waals surface area contributed by atoms with Gasteiger partial charge in [-0.25, -0.2) is 9.07 Å². The van der Waals surface area contributed by atoms with Gasteiger partial charge in [0, 0.05) is 23.6 Å². The second-order valence-corrected chi connectivity index (χ2v) is 7.26. The van der Waals surface area contributed by atoms with Crippen LogP contribution < -0.4 is 10.6 Å². The van der Waals surface area contributed by atoms with E-state index in [1.807, 2.05) is 30.3 Å². The standard InChI is InChI=1S/C20H17FN4O2S/c21-14-8-6-13(7-9-14)10-22-19(26)20(27)23-18-16-11-28-12-17(16)24-25(18)15-4-2-1-3-5-15/h1-9H,10-12H2,(H,22,26)(H,23,27). The Bertz CT molecular complexity index is 1020. The first-order valence-electron chi connectivity index (χ1n) is 8.69. The van der Waals surface area contributed by atoms with Gasteiger partial charge in [-0.05, 0) is 29.8 Å². The van der Waals surface area contributed by atoms with Gasteiger partial charge in [-0.15, -0.1) is 0 Å².